The van der Waals surface area contributed by atoms with Gasteiger partial charge in [-0.05, 0) is 30.7 Å². The first kappa shape index (κ1) is 23.8. The molecule has 1 amide bonds. The lowest BCUT2D eigenvalue weighted by atomic mass is 10.1. The molecule has 9 nitrogen and oxygen atoms in total. The normalized spacial score (nSPS) is 11.2. The summed E-state index contributed by atoms with van der Waals surface area (Å²) in [7, 11) is 0. The van der Waals surface area contributed by atoms with E-state index in [2.05, 4.69) is 22.4 Å². The van der Waals surface area contributed by atoms with Crippen molar-refractivity contribution in [3.63, 3.8) is 0 Å². The highest BCUT2D eigenvalue weighted by molar-refractivity contribution is 7.15. The molecule has 33 heavy (non-hydrogen) atoms. The molecule has 1 aromatic carbocycles. The molecule has 0 bridgehead atoms. The molecule has 1 N–H and O–H groups in total. The molecule has 0 aliphatic carbocycles. The van der Waals surface area contributed by atoms with Crippen LogP contribution in [0.4, 0.5) is 10.8 Å². The summed E-state index contributed by atoms with van der Waals surface area (Å²) in [5.41, 5.74) is 0.473. The molecule has 2 heterocycles. The van der Waals surface area contributed by atoms with Gasteiger partial charge >= 0.3 is 0 Å². The number of aromatic nitrogens is 2. The van der Waals surface area contributed by atoms with Gasteiger partial charge in [-0.2, -0.15) is 5.26 Å². The van der Waals surface area contributed by atoms with Crippen molar-refractivity contribution in [1.29, 1.82) is 5.26 Å². The second-order valence-corrected chi connectivity index (χ2v) is 8.36. The van der Waals surface area contributed by atoms with E-state index in [9.17, 15) is 20.2 Å². The topological polar surface area (TPSA) is 135 Å². The Morgan fingerprint density at radius 3 is 2.64 bits per heavy atom. The van der Waals surface area contributed by atoms with Crippen LogP contribution in [0.25, 0.3) is 17.4 Å². The Balaban J connectivity index is 1.61. The van der Waals surface area contributed by atoms with Gasteiger partial charge < -0.3 is 4.42 Å². The molecule has 2 aromatic heterocycles. The van der Waals surface area contributed by atoms with Gasteiger partial charge in [-0.25, -0.2) is 0 Å². The lowest BCUT2D eigenvalue weighted by molar-refractivity contribution is -0.384. The predicted molar refractivity (Wildman–Crippen MR) is 125 cm³/mol. The highest BCUT2D eigenvalue weighted by Crippen LogP contribution is 2.26. The summed E-state index contributed by atoms with van der Waals surface area (Å²) >= 11 is 1.30. The zero-order valence-electron chi connectivity index (χ0n) is 18.1. The number of non-ortho nitro benzene ring substituents is 1. The second-order valence-electron chi connectivity index (χ2n) is 7.30. The minimum Gasteiger partial charge on any atom is -0.457 e. The van der Waals surface area contributed by atoms with Gasteiger partial charge in [0, 0.05) is 30.2 Å². The number of nitriles is 1. The first-order valence-electron chi connectivity index (χ1n) is 10.6. The maximum absolute atomic E-state index is 12.5. The number of furan rings is 1. The molecule has 0 aliphatic heterocycles. The first-order chi connectivity index (χ1) is 16.0. The number of carbonyl (C=O) groups excluding carboxylic acids is 1. The number of anilines is 1. The third-order valence-electron chi connectivity index (χ3n) is 4.82. The van der Waals surface area contributed by atoms with Gasteiger partial charge in [-0.3, -0.25) is 20.2 Å². The van der Waals surface area contributed by atoms with Crippen LogP contribution in [-0.4, -0.2) is 21.0 Å². The quantitative estimate of drug-likeness (QED) is 0.125. The number of nitro groups is 1. The van der Waals surface area contributed by atoms with Gasteiger partial charge in [0.2, 0.25) is 5.13 Å². The van der Waals surface area contributed by atoms with Gasteiger partial charge in [0.1, 0.15) is 28.2 Å². The van der Waals surface area contributed by atoms with Gasteiger partial charge in [-0.15, -0.1) is 10.2 Å². The van der Waals surface area contributed by atoms with Crippen molar-refractivity contribution in [2.45, 2.75) is 45.4 Å². The highest BCUT2D eigenvalue weighted by Gasteiger charge is 2.14. The molecule has 0 atom stereocenters. The smallest absolute Gasteiger partial charge is 0.269 e. The van der Waals surface area contributed by atoms with E-state index in [4.69, 9.17) is 4.42 Å². The molecular weight excluding hydrogens is 442 g/mol. The molecule has 0 aliphatic rings. The molecular formula is C23H23N5O4S. The molecule has 0 fully saturated rings. The minimum atomic E-state index is -0.601. The third-order valence-corrected chi connectivity index (χ3v) is 5.72. The monoisotopic (exact) mass is 465 g/mol. The molecule has 0 saturated heterocycles. The fourth-order valence-electron chi connectivity index (χ4n) is 3.07. The average molecular weight is 466 g/mol. The van der Waals surface area contributed by atoms with E-state index < -0.39 is 10.8 Å². The van der Waals surface area contributed by atoms with Crippen LogP contribution >= 0.6 is 11.3 Å². The molecule has 10 heteroatoms. The summed E-state index contributed by atoms with van der Waals surface area (Å²) in [6.07, 6.45) is 7.94. The fourth-order valence-corrected chi connectivity index (χ4v) is 3.85. The Hall–Kier alpha value is -3.84. The highest BCUT2D eigenvalue weighted by atomic mass is 32.1. The van der Waals surface area contributed by atoms with Crippen LogP contribution in [0.15, 0.2) is 46.4 Å². The SMILES string of the molecule is CCCCCCCc1nnc(NC(=O)/C(C#N)=C\c2ccc(-c3ccc([N+](=O)[O-])cc3)o2)s1. The van der Waals surface area contributed by atoms with E-state index >= 15 is 0 Å². The van der Waals surface area contributed by atoms with Gasteiger partial charge in [0.15, 0.2) is 0 Å². The van der Waals surface area contributed by atoms with Crippen LogP contribution in [0.1, 0.15) is 49.8 Å². The van der Waals surface area contributed by atoms with Crippen molar-refractivity contribution >= 4 is 34.1 Å². The number of nitro benzene ring substituents is 1. The van der Waals surface area contributed by atoms with Crippen molar-refractivity contribution in [2.24, 2.45) is 0 Å². The van der Waals surface area contributed by atoms with E-state index in [-0.39, 0.29) is 11.3 Å². The number of amides is 1. The lowest BCUT2D eigenvalue weighted by Crippen LogP contribution is -2.13. The number of unbranched alkanes of at least 4 members (excludes halogenated alkanes) is 4. The van der Waals surface area contributed by atoms with Crippen molar-refractivity contribution in [3.8, 4) is 17.4 Å². The summed E-state index contributed by atoms with van der Waals surface area (Å²) in [4.78, 5) is 22.8. The number of rotatable bonds is 11. The van der Waals surface area contributed by atoms with Gasteiger partial charge in [-0.1, -0.05) is 43.9 Å². The summed E-state index contributed by atoms with van der Waals surface area (Å²) in [6.45, 7) is 2.17. The zero-order chi connectivity index (χ0) is 23.6. The number of nitrogens with one attached hydrogen (secondary N) is 1. The van der Waals surface area contributed by atoms with E-state index in [0.717, 1.165) is 24.3 Å². The number of hydrogen-bond donors (Lipinski definition) is 1. The van der Waals surface area contributed by atoms with E-state index in [0.29, 0.717) is 22.2 Å². The molecule has 0 unspecified atom stereocenters. The molecule has 3 aromatic rings. The molecule has 0 saturated carbocycles. The molecule has 0 radical (unpaired) electrons. The summed E-state index contributed by atoms with van der Waals surface area (Å²) in [5.74, 6) is 0.165. The molecule has 0 spiro atoms. The zero-order valence-corrected chi connectivity index (χ0v) is 18.9. The Labute approximate surface area is 194 Å². The van der Waals surface area contributed by atoms with E-state index in [1.807, 2.05) is 6.07 Å². The average Bonchev–Trinajstić information content (AvgIpc) is 3.47. The molecule has 3 rings (SSSR count). The summed E-state index contributed by atoms with van der Waals surface area (Å²) < 4.78 is 5.68. The Bertz CT molecular complexity index is 1170. The van der Waals surface area contributed by atoms with Crippen molar-refractivity contribution in [3.05, 3.63) is 62.9 Å². The van der Waals surface area contributed by atoms with Crippen molar-refractivity contribution in [1.82, 2.24) is 10.2 Å². The van der Waals surface area contributed by atoms with E-state index in [1.54, 1.807) is 24.3 Å². The van der Waals surface area contributed by atoms with Crippen LogP contribution in [0.5, 0.6) is 0 Å². The Kier molecular flexibility index (Phi) is 8.43. The summed E-state index contributed by atoms with van der Waals surface area (Å²) in [5, 5.41) is 32.1. The summed E-state index contributed by atoms with van der Waals surface area (Å²) in [6, 6.07) is 11.0. The third kappa shape index (κ3) is 6.82. The molecule has 170 valence electrons. The van der Waals surface area contributed by atoms with Crippen molar-refractivity contribution in [2.75, 3.05) is 5.32 Å². The second kappa shape index (κ2) is 11.7. The van der Waals surface area contributed by atoms with Crippen LogP contribution in [0.2, 0.25) is 0 Å². The standard InChI is InChI=1S/C23H23N5O4S/c1-2-3-4-5-6-7-21-26-27-23(33-21)25-22(29)17(15-24)14-19-12-13-20(32-19)16-8-10-18(11-9-16)28(30)31/h8-14H,2-7H2,1H3,(H,25,27,29)/b17-14-. The largest absolute Gasteiger partial charge is 0.457 e. The van der Waals surface area contributed by atoms with Crippen LogP contribution in [-0.2, 0) is 11.2 Å². The minimum absolute atomic E-state index is 0.0230. The number of benzene rings is 1. The number of nitrogens with zero attached hydrogens (tertiary/aromatic N) is 4. The Morgan fingerprint density at radius 2 is 1.94 bits per heavy atom. The lowest BCUT2D eigenvalue weighted by Gasteiger charge is -1.99. The van der Waals surface area contributed by atoms with Gasteiger partial charge in [0.05, 0.1) is 4.92 Å². The van der Waals surface area contributed by atoms with Crippen LogP contribution < -0.4 is 5.32 Å². The fraction of sp³-hybridized carbons (Fsp3) is 0.304. The van der Waals surface area contributed by atoms with Crippen LogP contribution in [0, 0.1) is 21.4 Å². The van der Waals surface area contributed by atoms with E-state index in [1.165, 1.54) is 48.8 Å². The maximum atomic E-state index is 12.5. The van der Waals surface area contributed by atoms with Crippen LogP contribution in [0.3, 0.4) is 0 Å². The van der Waals surface area contributed by atoms with Gasteiger partial charge in [0.25, 0.3) is 11.6 Å². The number of carbonyl (C=O) groups is 1. The number of aryl methyl sites for hydroxylation is 1. The number of hydrogen-bond acceptors (Lipinski definition) is 8. The van der Waals surface area contributed by atoms with Crippen molar-refractivity contribution < 1.29 is 14.1 Å². The Morgan fingerprint density at radius 1 is 1.18 bits per heavy atom. The maximum Gasteiger partial charge on any atom is 0.269 e. The first-order valence-corrected chi connectivity index (χ1v) is 11.4. The predicted octanol–water partition coefficient (Wildman–Crippen LogP) is 5.76.